The van der Waals surface area contributed by atoms with E-state index in [-0.39, 0.29) is 17.1 Å². The van der Waals surface area contributed by atoms with Gasteiger partial charge in [0.25, 0.3) is 0 Å². The van der Waals surface area contributed by atoms with E-state index < -0.39 is 6.11 Å². The lowest BCUT2D eigenvalue weighted by Gasteiger charge is -2.13. The number of alkyl halides is 2. The van der Waals surface area contributed by atoms with Gasteiger partial charge in [-0.2, -0.15) is 14.0 Å². The molecule has 0 aromatic heterocycles. The lowest BCUT2D eigenvalue weighted by Crippen LogP contribution is -2.23. The SMILES string of the molecule is CC(F)(F)Oc1ccc(-c2ccc(/C(N)=C(\C#N)NN)cc2)cc1. The van der Waals surface area contributed by atoms with Crippen molar-refractivity contribution in [2.45, 2.75) is 13.0 Å². The summed E-state index contributed by atoms with van der Waals surface area (Å²) in [5.41, 5.74) is 10.7. The zero-order chi connectivity index (χ0) is 17.7. The summed E-state index contributed by atoms with van der Waals surface area (Å²) < 4.78 is 30.1. The lowest BCUT2D eigenvalue weighted by molar-refractivity contribution is -0.158. The summed E-state index contributed by atoms with van der Waals surface area (Å²) in [5, 5.41) is 8.90. The highest BCUT2D eigenvalue weighted by Gasteiger charge is 2.22. The summed E-state index contributed by atoms with van der Waals surface area (Å²) in [6.07, 6.45) is -3.22. The van der Waals surface area contributed by atoms with Crippen LogP contribution in [0.3, 0.4) is 0 Å². The molecule has 124 valence electrons. The smallest absolute Gasteiger partial charge is 0.394 e. The highest BCUT2D eigenvalue weighted by atomic mass is 19.3. The van der Waals surface area contributed by atoms with Gasteiger partial charge in [-0.25, -0.2) is 5.84 Å². The maximum atomic E-state index is 12.8. The molecule has 7 heteroatoms. The van der Waals surface area contributed by atoms with Crippen LogP contribution in [0.4, 0.5) is 8.78 Å². The van der Waals surface area contributed by atoms with Gasteiger partial charge in [0, 0.05) is 12.5 Å². The molecule has 2 aromatic carbocycles. The normalized spacial score (nSPS) is 12.1. The second-order valence-corrected chi connectivity index (χ2v) is 5.06. The summed E-state index contributed by atoms with van der Waals surface area (Å²) in [4.78, 5) is 0. The Morgan fingerprint density at radius 2 is 1.58 bits per heavy atom. The van der Waals surface area contributed by atoms with Crippen LogP contribution in [-0.4, -0.2) is 6.11 Å². The predicted octanol–water partition coefficient (Wildman–Crippen LogP) is 2.96. The molecule has 0 aliphatic rings. The highest BCUT2D eigenvalue weighted by Crippen LogP contribution is 2.26. The van der Waals surface area contributed by atoms with E-state index in [1.165, 1.54) is 12.1 Å². The lowest BCUT2D eigenvalue weighted by atomic mass is 10.0. The fraction of sp³-hybridized carbons (Fsp3) is 0.118. The summed E-state index contributed by atoms with van der Waals surface area (Å²) in [6.45, 7) is 0.684. The minimum atomic E-state index is -3.22. The molecular formula is C17H16F2N4O. The zero-order valence-corrected chi connectivity index (χ0v) is 12.9. The second-order valence-electron chi connectivity index (χ2n) is 5.06. The average Bonchev–Trinajstić information content (AvgIpc) is 2.55. The van der Waals surface area contributed by atoms with Crippen molar-refractivity contribution in [3.05, 3.63) is 59.8 Å². The number of nitrogens with two attached hydrogens (primary N) is 2. The van der Waals surface area contributed by atoms with Crippen LogP contribution in [0.5, 0.6) is 5.75 Å². The number of nitrogens with one attached hydrogen (secondary N) is 1. The van der Waals surface area contributed by atoms with E-state index in [9.17, 15) is 8.78 Å². The molecule has 0 bridgehead atoms. The molecule has 5 nitrogen and oxygen atoms in total. The number of benzene rings is 2. The molecule has 0 saturated carbocycles. The van der Waals surface area contributed by atoms with E-state index in [0.29, 0.717) is 12.5 Å². The molecule has 0 aliphatic carbocycles. The molecule has 2 aromatic rings. The average molecular weight is 330 g/mol. The van der Waals surface area contributed by atoms with Crippen LogP contribution in [-0.2, 0) is 0 Å². The van der Waals surface area contributed by atoms with E-state index in [0.717, 1.165) is 11.1 Å². The molecule has 5 N–H and O–H groups in total. The third-order valence-electron chi connectivity index (χ3n) is 3.21. The Hall–Kier alpha value is -3.11. The van der Waals surface area contributed by atoms with Gasteiger partial charge in [0.05, 0.1) is 5.70 Å². The molecule has 0 aliphatic heterocycles. The quantitative estimate of drug-likeness (QED) is 0.445. The van der Waals surface area contributed by atoms with Crippen molar-refractivity contribution in [3.8, 4) is 22.9 Å². The molecule has 0 fully saturated rings. The standard InChI is InChI=1S/C17H16F2N4O/c1-17(18,19)24-14-8-6-12(7-9-14)11-2-4-13(5-3-11)16(21)15(10-20)23-22/h2-9,23H,21-22H2,1H3/b16-15-. The van der Waals surface area contributed by atoms with Crippen molar-refractivity contribution >= 4 is 5.70 Å². The predicted molar refractivity (Wildman–Crippen MR) is 87.2 cm³/mol. The first kappa shape index (κ1) is 17.2. The van der Waals surface area contributed by atoms with E-state index >= 15 is 0 Å². The monoisotopic (exact) mass is 330 g/mol. The van der Waals surface area contributed by atoms with Crippen LogP contribution in [0.1, 0.15) is 12.5 Å². The van der Waals surface area contributed by atoms with Crippen molar-refractivity contribution < 1.29 is 13.5 Å². The molecule has 0 radical (unpaired) electrons. The summed E-state index contributed by atoms with van der Waals surface area (Å²) >= 11 is 0. The Morgan fingerprint density at radius 1 is 1.08 bits per heavy atom. The number of ether oxygens (including phenoxy) is 1. The fourth-order valence-electron chi connectivity index (χ4n) is 2.08. The van der Waals surface area contributed by atoms with Crippen LogP contribution >= 0.6 is 0 Å². The fourth-order valence-corrected chi connectivity index (χ4v) is 2.08. The third kappa shape index (κ3) is 4.21. The Balaban J connectivity index is 2.23. The van der Waals surface area contributed by atoms with Crippen LogP contribution < -0.4 is 21.7 Å². The first-order chi connectivity index (χ1) is 11.3. The summed E-state index contributed by atoms with van der Waals surface area (Å²) in [5.74, 6) is 5.31. The molecule has 0 heterocycles. The molecule has 0 spiro atoms. The van der Waals surface area contributed by atoms with Gasteiger partial charge >= 0.3 is 6.11 Å². The minimum absolute atomic E-state index is 0.0738. The van der Waals surface area contributed by atoms with E-state index in [2.05, 4.69) is 10.2 Å². The first-order valence-electron chi connectivity index (χ1n) is 6.98. The van der Waals surface area contributed by atoms with Crippen LogP contribution in [0.15, 0.2) is 54.2 Å². The first-order valence-corrected chi connectivity index (χ1v) is 6.98. The number of rotatable bonds is 5. The van der Waals surface area contributed by atoms with E-state index in [1.807, 2.05) is 6.07 Å². The summed E-state index contributed by atoms with van der Waals surface area (Å²) in [6, 6.07) is 15.3. The van der Waals surface area contributed by atoms with Crippen molar-refractivity contribution in [3.63, 3.8) is 0 Å². The van der Waals surface area contributed by atoms with Crippen LogP contribution in [0.2, 0.25) is 0 Å². The number of nitrogens with zero attached hydrogens (tertiary/aromatic N) is 1. The molecule has 0 atom stereocenters. The maximum Gasteiger partial charge on any atom is 0.394 e. The maximum absolute atomic E-state index is 12.8. The number of hydrazine groups is 1. The Bertz CT molecular complexity index is 772. The van der Waals surface area contributed by atoms with Gasteiger partial charge in [0.1, 0.15) is 11.8 Å². The van der Waals surface area contributed by atoms with Gasteiger partial charge in [0.2, 0.25) is 0 Å². The second kappa shape index (κ2) is 6.98. The molecule has 0 saturated heterocycles. The largest absolute Gasteiger partial charge is 0.433 e. The molecule has 0 amide bonds. The summed E-state index contributed by atoms with van der Waals surface area (Å²) in [7, 11) is 0. The van der Waals surface area contributed by atoms with Gasteiger partial charge in [0.15, 0.2) is 5.70 Å². The van der Waals surface area contributed by atoms with Gasteiger partial charge < -0.3 is 15.9 Å². The number of hydrogen-bond donors (Lipinski definition) is 3. The number of halogens is 2. The van der Waals surface area contributed by atoms with Crippen LogP contribution in [0.25, 0.3) is 16.8 Å². The Kier molecular flexibility index (Phi) is 5.02. The van der Waals surface area contributed by atoms with Crippen LogP contribution in [0, 0.1) is 11.3 Å². The molecule has 24 heavy (non-hydrogen) atoms. The Morgan fingerprint density at radius 3 is 2.00 bits per heavy atom. The number of hydrogen-bond acceptors (Lipinski definition) is 5. The van der Waals surface area contributed by atoms with Crippen molar-refractivity contribution in [1.82, 2.24) is 5.43 Å². The van der Waals surface area contributed by atoms with Gasteiger partial charge in [-0.3, -0.25) is 0 Å². The number of nitriles is 1. The van der Waals surface area contributed by atoms with E-state index in [1.54, 1.807) is 36.4 Å². The molecule has 2 rings (SSSR count). The minimum Gasteiger partial charge on any atom is -0.433 e. The van der Waals surface area contributed by atoms with Gasteiger partial charge in [-0.1, -0.05) is 36.4 Å². The molecular weight excluding hydrogens is 314 g/mol. The van der Waals surface area contributed by atoms with E-state index in [4.69, 9.17) is 16.8 Å². The van der Waals surface area contributed by atoms with Crippen molar-refractivity contribution in [2.75, 3.05) is 0 Å². The zero-order valence-electron chi connectivity index (χ0n) is 12.9. The van der Waals surface area contributed by atoms with Crippen molar-refractivity contribution in [2.24, 2.45) is 11.6 Å². The highest BCUT2D eigenvalue weighted by molar-refractivity contribution is 5.72. The number of allylic oxidation sites excluding steroid dienone is 1. The topological polar surface area (TPSA) is 97.1 Å². The van der Waals surface area contributed by atoms with Crippen molar-refractivity contribution in [1.29, 1.82) is 5.26 Å². The molecule has 0 unspecified atom stereocenters. The Labute approximate surface area is 138 Å². The van der Waals surface area contributed by atoms with Gasteiger partial charge in [-0.05, 0) is 23.3 Å². The van der Waals surface area contributed by atoms with Gasteiger partial charge in [-0.15, -0.1) is 0 Å². The third-order valence-corrected chi connectivity index (χ3v) is 3.21.